The lowest BCUT2D eigenvalue weighted by Crippen LogP contribution is -2.19. The monoisotopic (exact) mass is 236 g/mol. The van der Waals surface area contributed by atoms with Crippen molar-refractivity contribution in [2.75, 3.05) is 33.8 Å². The van der Waals surface area contributed by atoms with Crippen LogP contribution < -0.4 is 15.4 Å². The third-order valence-electron chi connectivity index (χ3n) is 2.78. The fourth-order valence-corrected chi connectivity index (χ4v) is 1.70. The van der Waals surface area contributed by atoms with Crippen LogP contribution in [0.4, 0.5) is 0 Å². The molecule has 0 saturated heterocycles. The van der Waals surface area contributed by atoms with Crippen molar-refractivity contribution in [2.24, 2.45) is 0 Å². The van der Waals surface area contributed by atoms with Crippen molar-refractivity contribution in [3.8, 4) is 5.75 Å². The van der Waals surface area contributed by atoms with E-state index in [-0.39, 0.29) is 0 Å². The topological polar surface area (TPSA) is 33.3 Å². The van der Waals surface area contributed by atoms with Crippen molar-refractivity contribution in [3.05, 3.63) is 29.8 Å². The van der Waals surface area contributed by atoms with Crippen molar-refractivity contribution >= 4 is 0 Å². The standard InChI is InChI=1S/C14H24N2O/c1-15-10-3-4-11-16-12-9-13-5-7-14(17-2)8-6-13/h5-8,15-16H,3-4,9-12H2,1-2H3. The highest BCUT2D eigenvalue weighted by Crippen LogP contribution is 2.11. The molecule has 0 saturated carbocycles. The van der Waals surface area contributed by atoms with Gasteiger partial charge in [0.2, 0.25) is 0 Å². The van der Waals surface area contributed by atoms with Gasteiger partial charge in [-0.2, -0.15) is 0 Å². The molecule has 1 aromatic rings. The zero-order chi connectivity index (χ0) is 12.3. The maximum atomic E-state index is 5.13. The van der Waals surface area contributed by atoms with Crippen LogP contribution in [-0.4, -0.2) is 33.8 Å². The molecule has 0 radical (unpaired) electrons. The Morgan fingerprint density at radius 3 is 2.35 bits per heavy atom. The Labute approximate surface area is 105 Å². The summed E-state index contributed by atoms with van der Waals surface area (Å²) in [6.45, 7) is 3.27. The van der Waals surface area contributed by atoms with Gasteiger partial charge in [0, 0.05) is 0 Å². The van der Waals surface area contributed by atoms with E-state index in [0.29, 0.717) is 0 Å². The van der Waals surface area contributed by atoms with Gasteiger partial charge in [-0.05, 0) is 63.6 Å². The van der Waals surface area contributed by atoms with E-state index in [1.807, 2.05) is 19.2 Å². The summed E-state index contributed by atoms with van der Waals surface area (Å²) in [6.07, 6.45) is 3.56. The van der Waals surface area contributed by atoms with Crippen LogP contribution in [0, 0.1) is 0 Å². The van der Waals surface area contributed by atoms with Crippen molar-refractivity contribution in [2.45, 2.75) is 19.3 Å². The number of rotatable bonds is 9. The van der Waals surface area contributed by atoms with Crippen LogP contribution in [0.1, 0.15) is 18.4 Å². The Kier molecular flexibility index (Phi) is 7.43. The van der Waals surface area contributed by atoms with E-state index >= 15 is 0 Å². The SMILES string of the molecule is CNCCCCNCCc1ccc(OC)cc1. The van der Waals surface area contributed by atoms with E-state index in [9.17, 15) is 0 Å². The predicted octanol–water partition coefficient (Wildman–Crippen LogP) is 1.83. The van der Waals surface area contributed by atoms with Gasteiger partial charge < -0.3 is 15.4 Å². The molecule has 0 bridgehead atoms. The first-order chi connectivity index (χ1) is 8.36. The largest absolute Gasteiger partial charge is 0.497 e. The van der Waals surface area contributed by atoms with Crippen LogP contribution in [0.5, 0.6) is 5.75 Å². The van der Waals surface area contributed by atoms with E-state index in [2.05, 4.69) is 22.8 Å². The predicted molar refractivity (Wildman–Crippen MR) is 72.7 cm³/mol. The van der Waals surface area contributed by atoms with Crippen LogP contribution in [0.2, 0.25) is 0 Å². The van der Waals surface area contributed by atoms with Gasteiger partial charge in [0.25, 0.3) is 0 Å². The zero-order valence-corrected chi connectivity index (χ0v) is 11.0. The second-order valence-electron chi connectivity index (χ2n) is 4.16. The molecule has 0 atom stereocenters. The minimum absolute atomic E-state index is 0.925. The van der Waals surface area contributed by atoms with Crippen LogP contribution in [-0.2, 0) is 6.42 Å². The summed E-state index contributed by atoms with van der Waals surface area (Å²) in [6, 6.07) is 8.29. The lowest BCUT2D eigenvalue weighted by molar-refractivity contribution is 0.414. The summed E-state index contributed by atoms with van der Waals surface area (Å²) in [7, 11) is 3.69. The number of benzene rings is 1. The molecule has 0 aromatic heterocycles. The number of unbranched alkanes of at least 4 members (excludes halogenated alkanes) is 1. The van der Waals surface area contributed by atoms with Crippen LogP contribution in [0.25, 0.3) is 0 Å². The van der Waals surface area contributed by atoms with Crippen molar-refractivity contribution in [1.29, 1.82) is 0 Å². The zero-order valence-electron chi connectivity index (χ0n) is 11.0. The van der Waals surface area contributed by atoms with E-state index < -0.39 is 0 Å². The van der Waals surface area contributed by atoms with Gasteiger partial charge in [-0.1, -0.05) is 12.1 Å². The molecule has 96 valence electrons. The first-order valence-electron chi connectivity index (χ1n) is 6.35. The maximum absolute atomic E-state index is 5.13. The number of hydrogen-bond acceptors (Lipinski definition) is 3. The van der Waals surface area contributed by atoms with E-state index in [1.165, 1.54) is 18.4 Å². The molecule has 3 nitrogen and oxygen atoms in total. The Bertz CT molecular complexity index is 285. The molecule has 0 amide bonds. The van der Waals surface area contributed by atoms with Crippen molar-refractivity contribution in [1.82, 2.24) is 10.6 Å². The highest BCUT2D eigenvalue weighted by Gasteiger charge is 1.94. The quantitative estimate of drug-likeness (QED) is 0.642. The van der Waals surface area contributed by atoms with Gasteiger partial charge in [-0.15, -0.1) is 0 Å². The first kappa shape index (κ1) is 14.0. The second kappa shape index (κ2) is 9.02. The molecule has 1 aromatic carbocycles. The van der Waals surface area contributed by atoms with Gasteiger partial charge >= 0.3 is 0 Å². The third kappa shape index (κ3) is 6.29. The summed E-state index contributed by atoms with van der Waals surface area (Å²) < 4.78 is 5.13. The number of nitrogens with one attached hydrogen (secondary N) is 2. The number of hydrogen-bond donors (Lipinski definition) is 2. The normalized spacial score (nSPS) is 10.5. The highest BCUT2D eigenvalue weighted by molar-refractivity contribution is 5.27. The van der Waals surface area contributed by atoms with E-state index in [4.69, 9.17) is 4.74 Å². The molecule has 0 aliphatic rings. The Balaban J connectivity index is 2.05. The fraction of sp³-hybridized carbons (Fsp3) is 0.571. The van der Waals surface area contributed by atoms with Gasteiger partial charge in [-0.25, -0.2) is 0 Å². The minimum atomic E-state index is 0.925. The molecule has 0 fully saturated rings. The lowest BCUT2D eigenvalue weighted by atomic mass is 10.1. The molecule has 0 aliphatic carbocycles. The Morgan fingerprint density at radius 2 is 1.71 bits per heavy atom. The summed E-state index contributed by atoms with van der Waals surface area (Å²) in [5, 5.41) is 6.62. The van der Waals surface area contributed by atoms with Crippen molar-refractivity contribution < 1.29 is 4.74 Å². The Morgan fingerprint density at radius 1 is 1.00 bits per heavy atom. The third-order valence-corrected chi connectivity index (χ3v) is 2.78. The summed E-state index contributed by atoms with van der Waals surface area (Å²) in [5.74, 6) is 0.925. The molecular weight excluding hydrogens is 212 g/mol. The molecule has 2 N–H and O–H groups in total. The van der Waals surface area contributed by atoms with Gasteiger partial charge in [0.15, 0.2) is 0 Å². The van der Waals surface area contributed by atoms with Gasteiger partial charge in [0.1, 0.15) is 5.75 Å². The van der Waals surface area contributed by atoms with Crippen LogP contribution in [0.3, 0.4) is 0 Å². The highest BCUT2D eigenvalue weighted by atomic mass is 16.5. The molecule has 0 aliphatic heterocycles. The van der Waals surface area contributed by atoms with Crippen molar-refractivity contribution in [3.63, 3.8) is 0 Å². The summed E-state index contributed by atoms with van der Waals surface area (Å²) >= 11 is 0. The lowest BCUT2D eigenvalue weighted by Gasteiger charge is -2.05. The second-order valence-corrected chi connectivity index (χ2v) is 4.16. The number of methoxy groups -OCH3 is 1. The molecule has 0 unspecified atom stereocenters. The molecule has 0 spiro atoms. The average molecular weight is 236 g/mol. The molecule has 0 heterocycles. The summed E-state index contributed by atoms with van der Waals surface area (Å²) in [5.41, 5.74) is 1.36. The van der Waals surface area contributed by atoms with E-state index in [1.54, 1.807) is 7.11 Å². The number of ether oxygens (including phenoxy) is 1. The van der Waals surface area contributed by atoms with E-state index in [0.717, 1.165) is 31.8 Å². The van der Waals surface area contributed by atoms with Crippen LogP contribution in [0.15, 0.2) is 24.3 Å². The van der Waals surface area contributed by atoms with Crippen LogP contribution >= 0.6 is 0 Å². The summed E-state index contributed by atoms with van der Waals surface area (Å²) in [4.78, 5) is 0. The first-order valence-corrected chi connectivity index (χ1v) is 6.35. The fourth-order valence-electron chi connectivity index (χ4n) is 1.70. The average Bonchev–Trinajstić information content (AvgIpc) is 2.38. The van der Waals surface area contributed by atoms with Gasteiger partial charge in [0.05, 0.1) is 7.11 Å². The van der Waals surface area contributed by atoms with Gasteiger partial charge in [-0.3, -0.25) is 0 Å². The Hall–Kier alpha value is -1.06. The molecule has 1 rings (SSSR count). The molecule has 17 heavy (non-hydrogen) atoms. The molecule has 3 heteroatoms. The maximum Gasteiger partial charge on any atom is 0.118 e. The molecular formula is C14H24N2O. The minimum Gasteiger partial charge on any atom is -0.497 e. The smallest absolute Gasteiger partial charge is 0.118 e.